The van der Waals surface area contributed by atoms with E-state index in [1.54, 1.807) is 16.6 Å². The Hall–Kier alpha value is -2.15. The molecule has 2 aliphatic heterocycles. The molecule has 0 spiro atoms. The molecule has 0 saturated carbocycles. The lowest BCUT2D eigenvalue weighted by Gasteiger charge is -2.29. The van der Waals surface area contributed by atoms with E-state index in [1.807, 2.05) is 13.0 Å². The predicted molar refractivity (Wildman–Crippen MR) is 137 cm³/mol. The molecule has 2 aliphatic rings. The molecule has 0 N–H and O–H groups in total. The van der Waals surface area contributed by atoms with Crippen LogP contribution in [0.2, 0.25) is 0 Å². The monoisotopic (exact) mass is 488 g/mol. The summed E-state index contributed by atoms with van der Waals surface area (Å²) in [5.74, 6) is 0.669. The molecule has 1 aromatic rings. The van der Waals surface area contributed by atoms with Crippen molar-refractivity contribution in [1.82, 2.24) is 9.47 Å². The van der Waals surface area contributed by atoms with Crippen molar-refractivity contribution in [2.45, 2.75) is 58.9 Å². The number of unbranched alkanes of at least 4 members (excludes halogenated alkanes) is 1. The first-order chi connectivity index (χ1) is 15.9. The molecule has 0 radical (unpaired) electrons. The van der Waals surface area contributed by atoms with E-state index in [1.165, 1.54) is 24.6 Å². The van der Waals surface area contributed by atoms with Crippen molar-refractivity contribution in [2.75, 3.05) is 38.3 Å². The van der Waals surface area contributed by atoms with E-state index in [9.17, 15) is 14.9 Å². The Morgan fingerprint density at radius 1 is 1.18 bits per heavy atom. The van der Waals surface area contributed by atoms with Crippen LogP contribution in [0.5, 0.6) is 0 Å². The number of rotatable bonds is 8. The first-order valence-electron chi connectivity index (χ1n) is 11.6. The maximum atomic E-state index is 13.3. The van der Waals surface area contributed by atoms with E-state index < -0.39 is 0 Å². The van der Waals surface area contributed by atoms with Gasteiger partial charge in [-0.3, -0.25) is 19.1 Å². The lowest BCUT2D eigenvalue weighted by molar-refractivity contribution is -0.122. The third-order valence-corrected chi connectivity index (χ3v) is 7.53. The Balaban J connectivity index is 2.19. The standard InChI is InChI=1S/C24H32N4O3S2/c1-4-5-12-27-21(26-10-8-6-7-9-11-26)18(17(2)19(16-25)22(27)29)15-20-23(30)28(13-14-31-3)24(32)33-20/h15H,4-14H2,1-3H3. The van der Waals surface area contributed by atoms with E-state index in [0.717, 1.165) is 50.2 Å². The van der Waals surface area contributed by atoms with Gasteiger partial charge in [0.25, 0.3) is 11.5 Å². The number of thiocarbonyl (C=S) groups is 1. The number of nitrogens with zero attached hydrogens (tertiary/aromatic N) is 4. The maximum absolute atomic E-state index is 13.3. The van der Waals surface area contributed by atoms with Gasteiger partial charge < -0.3 is 9.64 Å². The molecule has 3 heterocycles. The summed E-state index contributed by atoms with van der Waals surface area (Å²) in [6.07, 6.45) is 8.06. The number of carbonyl (C=O) groups excluding carboxylic acids is 1. The van der Waals surface area contributed by atoms with Gasteiger partial charge in [0.1, 0.15) is 21.8 Å². The van der Waals surface area contributed by atoms with Crippen molar-refractivity contribution in [3.8, 4) is 6.07 Å². The van der Waals surface area contributed by atoms with Gasteiger partial charge in [-0.1, -0.05) is 50.2 Å². The van der Waals surface area contributed by atoms with Gasteiger partial charge in [-0.15, -0.1) is 0 Å². The number of hydrogen-bond donors (Lipinski definition) is 0. The Bertz CT molecular complexity index is 1030. The first kappa shape index (κ1) is 25.5. The molecule has 33 heavy (non-hydrogen) atoms. The number of aromatic nitrogens is 1. The van der Waals surface area contributed by atoms with Crippen LogP contribution in [0.1, 0.15) is 62.1 Å². The van der Waals surface area contributed by atoms with Crippen LogP contribution < -0.4 is 10.5 Å². The van der Waals surface area contributed by atoms with Gasteiger partial charge in [-0.05, 0) is 37.8 Å². The fourth-order valence-corrected chi connectivity index (χ4v) is 5.59. The summed E-state index contributed by atoms with van der Waals surface area (Å²) in [5, 5.41) is 9.80. The second-order valence-electron chi connectivity index (χ2n) is 8.39. The van der Waals surface area contributed by atoms with Gasteiger partial charge in [0.15, 0.2) is 0 Å². The van der Waals surface area contributed by atoms with Gasteiger partial charge in [-0.2, -0.15) is 5.26 Å². The van der Waals surface area contributed by atoms with Crippen LogP contribution in [0.3, 0.4) is 0 Å². The summed E-state index contributed by atoms with van der Waals surface area (Å²) in [4.78, 5) is 30.8. The van der Waals surface area contributed by atoms with Crippen LogP contribution in [0, 0.1) is 18.3 Å². The summed E-state index contributed by atoms with van der Waals surface area (Å²) in [6, 6.07) is 2.12. The molecule has 178 valence electrons. The number of ether oxygens (including phenoxy) is 1. The molecule has 7 nitrogen and oxygen atoms in total. The van der Waals surface area contributed by atoms with E-state index in [4.69, 9.17) is 17.0 Å². The summed E-state index contributed by atoms with van der Waals surface area (Å²) in [7, 11) is 1.59. The highest BCUT2D eigenvalue weighted by Crippen LogP contribution is 2.36. The van der Waals surface area contributed by atoms with Crippen molar-refractivity contribution in [2.24, 2.45) is 0 Å². The van der Waals surface area contributed by atoms with E-state index >= 15 is 0 Å². The Morgan fingerprint density at radius 3 is 2.48 bits per heavy atom. The van der Waals surface area contributed by atoms with Gasteiger partial charge in [0.05, 0.1) is 18.1 Å². The number of thioether (sulfide) groups is 1. The molecular formula is C24H32N4O3S2. The topological polar surface area (TPSA) is 78.6 Å². The van der Waals surface area contributed by atoms with Crippen molar-refractivity contribution in [3.63, 3.8) is 0 Å². The fourth-order valence-electron chi connectivity index (χ4n) is 4.30. The molecule has 0 bridgehead atoms. The van der Waals surface area contributed by atoms with Crippen LogP contribution in [-0.2, 0) is 16.1 Å². The molecule has 3 rings (SSSR count). The maximum Gasteiger partial charge on any atom is 0.270 e. The average molecular weight is 489 g/mol. The van der Waals surface area contributed by atoms with Crippen molar-refractivity contribution >= 4 is 46.1 Å². The third kappa shape index (κ3) is 5.51. The van der Waals surface area contributed by atoms with Gasteiger partial charge >= 0.3 is 0 Å². The second-order valence-corrected chi connectivity index (χ2v) is 10.1. The minimum absolute atomic E-state index is 0.144. The molecule has 1 amide bonds. The first-order valence-corrected chi connectivity index (χ1v) is 12.8. The highest BCUT2D eigenvalue weighted by Gasteiger charge is 2.33. The molecular weight excluding hydrogens is 456 g/mol. The molecule has 0 atom stereocenters. The number of nitriles is 1. The number of amides is 1. The lowest BCUT2D eigenvalue weighted by Crippen LogP contribution is -2.35. The van der Waals surface area contributed by atoms with Gasteiger partial charge in [-0.25, -0.2) is 0 Å². The zero-order chi connectivity index (χ0) is 24.0. The number of pyridine rings is 1. The van der Waals surface area contributed by atoms with E-state index in [0.29, 0.717) is 34.5 Å². The van der Waals surface area contributed by atoms with Crippen LogP contribution in [0.25, 0.3) is 6.08 Å². The number of methoxy groups -OCH3 is 1. The number of hydrogen-bond acceptors (Lipinski definition) is 7. The van der Waals surface area contributed by atoms with Crippen LogP contribution in [-0.4, -0.2) is 53.0 Å². The largest absolute Gasteiger partial charge is 0.383 e. The predicted octanol–water partition coefficient (Wildman–Crippen LogP) is 4.06. The minimum atomic E-state index is -0.243. The van der Waals surface area contributed by atoms with Crippen LogP contribution in [0.15, 0.2) is 9.70 Å². The lowest BCUT2D eigenvalue weighted by atomic mass is 10.0. The molecule has 0 unspecified atom stereocenters. The second kappa shape index (κ2) is 11.8. The quantitative estimate of drug-likeness (QED) is 0.403. The number of anilines is 1. The minimum Gasteiger partial charge on any atom is -0.383 e. The Morgan fingerprint density at radius 2 is 1.88 bits per heavy atom. The normalized spacial score (nSPS) is 18.2. The zero-order valence-corrected chi connectivity index (χ0v) is 21.3. The molecule has 0 aliphatic carbocycles. The summed E-state index contributed by atoms with van der Waals surface area (Å²) in [6.45, 7) is 6.95. The highest BCUT2D eigenvalue weighted by molar-refractivity contribution is 8.26. The average Bonchev–Trinajstić information content (AvgIpc) is 2.97. The summed E-state index contributed by atoms with van der Waals surface area (Å²) < 4.78 is 7.38. The van der Waals surface area contributed by atoms with Crippen LogP contribution in [0.4, 0.5) is 5.82 Å². The van der Waals surface area contributed by atoms with Gasteiger partial charge in [0.2, 0.25) is 0 Å². The van der Waals surface area contributed by atoms with Gasteiger partial charge in [0, 0.05) is 32.3 Å². The van der Waals surface area contributed by atoms with Crippen LogP contribution >= 0.6 is 24.0 Å². The molecule has 1 aromatic heterocycles. The number of carbonyl (C=O) groups is 1. The van der Waals surface area contributed by atoms with E-state index in [-0.39, 0.29) is 17.0 Å². The Labute approximate surface area is 205 Å². The molecule has 2 saturated heterocycles. The Kier molecular flexibility index (Phi) is 9.12. The molecule has 0 aromatic carbocycles. The third-order valence-electron chi connectivity index (χ3n) is 6.16. The van der Waals surface area contributed by atoms with Crippen molar-refractivity contribution in [1.29, 1.82) is 5.26 Å². The SMILES string of the molecule is CCCCn1c(N2CCCCCC2)c(C=C2SC(=S)N(CCOC)C2=O)c(C)c(C#N)c1=O. The highest BCUT2D eigenvalue weighted by atomic mass is 32.2. The van der Waals surface area contributed by atoms with Crippen molar-refractivity contribution < 1.29 is 9.53 Å². The summed E-state index contributed by atoms with van der Waals surface area (Å²) >= 11 is 6.70. The molecule has 2 fully saturated rings. The summed E-state index contributed by atoms with van der Waals surface area (Å²) in [5.41, 5.74) is 1.30. The smallest absolute Gasteiger partial charge is 0.270 e. The zero-order valence-electron chi connectivity index (χ0n) is 19.7. The molecule has 9 heteroatoms. The van der Waals surface area contributed by atoms with Crippen molar-refractivity contribution in [3.05, 3.63) is 31.9 Å². The fraction of sp³-hybridized carbons (Fsp3) is 0.583. The van der Waals surface area contributed by atoms with E-state index in [2.05, 4.69) is 17.9 Å².